The van der Waals surface area contributed by atoms with Crippen LogP contribution >= 0.6 is 21.6 Å². The van der Waals surface area contributed by atoms with E-state index in [1.807, 2.05) is 12.1 Å². The van der Waals surface area contributed by atoms with E-state index in [1.54, 1.807) is 48.5 Å². The molecule has 0 radical (unpaired) electrons. The Bertz CT molecular complexity index is 870. The van der Waals surface area contributed by atoms with E-state index in [2.05, 4.69) is 10.6 Å². The third-order valence-electron chi connectivity index (χ3n) is 4.16. The number of hydrogen-bond donors (Lipinski definition) is 4. The van der Waals surface area contributed by atoms with Gasteiger partial charge in [0.25, 0.3) is 0 Å². The summed E-state index contributed by atoms with van der Waals surface area (Å²) in [5, 5.41) is 23.2. The molecule has 0 heterocycles. The van der Waals surface area contributed by atoms with Crippen molar-refractivity contribution >= 4 is 45.7 Å². The molecule has 10 nitrogen and oxygen atoms in total. The number of carboxylic acid groups (broad SMARTS) is 2. The van der Waals surface area contributed by atoms with Gasteiger partial charge in [0.1, 0.15) is 25.3 Å². The first kappa shape index (κ1) is 29.7. The van der Waals surface area contributed by atoms with Gasteiger partial charge in [-0.25, -0.2) is 19.2 Å². The molecule has 0 aliphatic carbocycles. The zero-order valence-electron chi connectivity index (χ0n) is 17.9. The van der Waals surface area contributed by atoms with Crippen molar-refractivity contribution in [1.82, 2.24) is 10.6 Å². The molecule has 2 aromatic rings. The van der Waals surface area contributed by atoms with Crippen molar-refractivity contribution in [1.29, 1.82) is 0 Å². The van der Waals surface area contributed by atoms with Gasteiger partial charge in [0.2, 0.25) is 0 Å². The van der Waals surface area contributed by atoms with Crippen LogP contribution in [0, 0.1) is 0 Å². The summed E-state index contributed by atoms with van der Waals surface area (Å²) >= 11 is 0. The Kier molecular flexibility index (Phi) is 13.8. The number of amides is 2. The zero-order valence-corrected chi connectivity index (χ0v) is 19.6. The van der Waals surface area contributed by atoms with Crippen molar-refractivity contribution in [3.8, 4) is 0 Å². The molecule has 12 heteroatoms. The fourth-order valence-electron chi connectivity index (χ4n) is 2.40. The number of nitrogens with one attached hydrogen (secondary N) is 2. The standard InChI is InChI=1S/C22H24N2O8S2.CH4/c25-19(26)17(23-21(29)31-11-15-7-3-1-4-8-15)13-33-34-14-18(20(27)28)24-22(30)32-12-16-9-5-2-6-10-16;/h1-10,17-18H,11-14H2,(H,23,29)(H,24,30)(H,25,26)(H,27,28);1H4/t17-,18-;/m0./s1. The average Bonchev–Trinajstić information content (AvgIpc) is 2.83. The highest BCUT2D eigenvalue weighted by atomic mass is 33.1. The minimum absolute atomic E-state index is 0. The summed E-state index contributed by atoms with van der Waals surface area (Å²) in [5.74, 6) is -2.62. The number of carbonyl (C=O) groups excluding carboxylic acids is 2. The highest BCUT2D eigenvalue weighted by molar-refractivity contribution is 8.76. The maximum Gasteiger partial charge on any atom is 0.408 e. The summed E-state index contributed by atoms with van der Waals surface area (Å²) in [6.07, 6.45) is -1.76. The number of rotatable bonds is 13. The van der Waals surface area contributed by atoms with Gasteiger partial charge in [-0.2, -0.15) is 0 Å². The van der Waals surface area contributed by atoms with Crippen LogP contribution in [0.1, 0.15) is 18.6 Å². The minimum atomic E-state index is -1.26. The molecule has 0 aliphatic rings. The van der Waals surface area contributed by atoms with Gasteiger partial charge < -0.3 is 30.3 Å². The Balaban J connectivity index is 0.00000612. The van der Waals surface area contributed by atoms with Gasteiger partial charge in [-0.1, -0.05) is 89.7 Å². The molecule has 2 atom stereocenters. The van der Waals surface area contributed by atoms with E-state index in [4.69, 9.17) is 9.47 Å². The van der Waals surface area contributed by atoms with E-state index in [-0.39, 0.29) is 32.1 Å². The maximum atomic E-state index is 11.9. The smallest absolute Gasteiger partial charge is 0.408 e. The highest BCUT2D eigenvalue weighted by Gasteiger charge is 2.24. The summed E-state index contributed by atoms with van der Waals surface area (Å²) in [6.45, 7) is -0.0134. The van der Waals surface area contributed by atoms with Crippen LogP contribution in [0.5, 0.6) is 0 Å². The van der Waals surface area contributed by atoms with Crippen molar-refractivity contribution in [2.45, 2.75) is 32.7 Å². The molecule has 2 rings (SSSR count). The van der Waals surface area contributed by atoms with Crippen LogP contribution in [0.3, 0.4) is 0 Å². The topological polar surface area (TPSA) is 151 Å². The van der Waals surface area contributed by atoms with E-state index in [9.17, 15) is 29.4 Å². The van der Waals surface area contributed by atoms with E-state index in [0.717, 1.165) is 32.7 Å². The number of hydrogen-bond acceptors (Lipinski definition) is 8. The fraction of sp³-hybridized carbons (Fsp3) is 0.304. The molecule has 4 N–H and O–H groups in total. The van der Waals surface area contributed by atoms with Gasteiger partial charge in [-0.3, -0.25) is 0 Å². The largest absolute Gasteiger partial charge is 0.480 e. The Morgan fingerprint density at radius 2 is 1.03 bits per heavy atom. The van der Waals surface area contributed by atoms with Crippen molar-refractivity contribution in [2.24, 2.45) is 0 Å². The van der Waals surface area contributed by atoms with Gasteiger partial charge in [0.15, 0.2) is 0 Å². The van der Waals surface area contributed by atoms with E-state index in [0.29, 0.717) is 0 Å². The van der Waals surface area contributed by atoms with Crippen molar-refractivity contribution in [3.63, 3.8) is 0 Å². The SMILES string of the molecule is C.O=C(N[C@@H](CSSC[C@H](NC(=O)OCc1ccccc1)C(=O)O)C(=O)O)OCc1ccccc1. The molecular weight excluding hydrogens is 496 g/mol. The van der Waals surface area contributed by atoms with Gasteiger partial charge in [0, 0.05) is 11.5 Å². The number of ether oxygens (including phenoxy) is 2. The molecule has 0 spiro atoms. The molecule has 2 aromatic carbocycles. The lowest BCUT2D eigenvalue weighted by Gasteiger charge is -2.16. The maximum absolute atomic E-state index is 11.9. The van der Waals surface area contributed by atoms with E-state index < -0.39 is 36.2 Å². The molecule has 0 bridgehead atoms. The molecular formula is C23H28N2O8S2. The molecule has 0 fully saturated rings. The molecule has 0 unspecified atom stereocenters. The van der Waals surface area contributed by atoms with E-state index >= 15 is 0 Å². The minimum Gasteiger partial charge on any atom is -0.480 e. The monoisotopic (exact) mass is 524 g/mol. The number of carboxylic acids is 2. The second kappa shape index (κ2) is 16.3. The number of benzene rings is 2. The van der Waals surface area contributed by atoms with E-state index in [1.165, 1.54) is 0 Å². The third-order valence-corrected chi connectivity index (χ3v) is 6.58. The van der Waals surface area contributed by atoms with Crippen LogP contribution in [0.25, 0.3) is 0 Å². The van der Waals surface area contributed by atoms with Crippen LogP contribution in [-0.2, 0) is 32.3 Å². The lowest BCUT2D eigenvalue weighted by molar-refractivity contribution is -0.139. The van der Waals surface area contributed by atoms with Crippen LogP contribution in [0.4, 0.5) is 9.59 Å². The fourth-order valence-corrected chi connectivity index (χ4v) is 4.71. The van der Waals surface area contributed by atoms with Gasteiger partial charge >= 0.3 is 24.1 Å². The first-order chi connectivity index (χ1) is 16.3. The molecule has 0 aromatic heterocycles. The quantitative estimate of drug-likeness (QED) is 0.225. The van der Waals surface area contributed by atoms with Crippen molar-refractivity contribution in [2.75, 3.05) is 11.5 Å². The van der Waals surface area contributed by atoms with Gasteiger partial charge in [-0.05, 0) is 11.1 Å². The Hall–Kier alpha value is -3.38. The summed E-state index contributed by atoms with van der Waals surface area (Å²) in [7, 11) is 2.08. The Morgan fingerprint density at radius 1 is 0.686 bits per heavy atom. The summed E-state index contributed by atoms with van der Waals surface area (Å²) in [4.78, 5) is 46.6. The second-order valence-corrected chi connectivity index (χ2v) is 9.32. The Morgan fingerprint density at radius 3 is 1.34 bits per heavy atom. The molecule has 35 heavy (non-hydrogen) atoms. The third kappa shape index (κ3) is 12.1. The predicted molar refractivity (Wildman–Crippen MR) is 134 cm³/mol. The van der Waals surface area contributed by atoms with Gasteiger partial charge in [-0.15, -0.1) is 0 Å². The molecule has 0 saturated heterocycles. The highest BCUT2D eigenvalue weighted by Crippen LogP contribution is 2.23. The number of alkyl carbamates (subject to hydrolysis) is 2. The lowest BCUT2D eigenvalue weighted by Crippen LogP contribution is -2.43. The van der Waals surface area contributed by atoms with Crippen LogP contribution in [-0.4, -0.2) is 57.9 Å². The number of aliphatic carboxylic acids is 2. The average molecular weight is 525 g/mol. The van der Waals surface area contributed by atoms with Crippen molar-refractivity contribution in [3.05, 3.63) is 71.8 Å². The first-order valence-electron chi connectivity index (χ1n) is 9.99. The lowest BCUT2D eigenvalue weighted by atomic mass is 10.2. The zero-order chi connectivity index (χ0) is 24.8. The molecule has 2 amide bonds. The van der Waals surface area contributed by atoms with Crippen LogP contribution < -0.4 is 10.6 Å². The molecule has 190 valence electrons. The molecule has 0 saturated carbocycles. The number of carbonyl (C=O) groups is 4. The molecule has 0 aliphatic heterocycles. The first-order valence-corrected chi connectivity index (χ1v) is 12.5. The van der Waals surface area contributed by atoms with Crippen molar-refractivity contribution < 1.29 is 38.9 Å². The summed E-state index contributed by atoms with van der Waals surface area (Å²) in [5.41, 5.74) is 1.51. The van der Waals surface area contributed by atoms with Gasteiger partial charge in [0.05, 0.1) is 0 Å². The summed E-state index contributed by atoms with van der Waals surface area (Å²) < 4.78 is 10.0. The second-order valence-electron chi connectivity index (χ2n) is 6.76. The Labute approximate surface area is 211 Å². The van der Waals surface area contributed by atoms with Crippen LogP contribution in [0.15, 0.2) is 60.7 Å². The summed E-state index contributed by atoms with van der Waals surface area (Å²) in [6, 6.07) is 15.3. The predicted octanol–water partition coefficient (Wildman–Crippen LogP) is 3.76. The van der Waals surface area contributed by atoms with Crippen LogP contribution in [0.2, 0.25) is 0 Å². The normalized spacial score (nSPS) is 11.8.